The number of hydrogen-bond acceptors (Lipinski definition) is 4. The first kappa shape index (κ1) is 26.4. The predicted octanol–water partition coefficient (Wildman–Crippen LogP) is 3.81. The number of thiazole rings is 1. The maximum atomic E-state index is 11.7. The first-order valence-electron chi connectivity index (χ1n) is 7.37. The third-order valence-corrected chi connectivity index (χ3v) is 3.66. The number of rotatable bonds is 4. The quantitative estimate of drug-likeness (QED) is 0.351. The molecule has 25 heavy (non-hydrogen) atoms. The van der Waals surface area contributed by atoms with E-state index < -0.39 is 0 Å². The van der Waals surface area contributed by atoms with Crippen molar-refractivity contribution >= 4 is 23.0 Å². The second-order valence-corrected chi connectivity index (χ2v) is 5.58. The summed E-state index contributed by atoms with van der Waals surface area (Å²) in [6, 6.07) is 7.49. The van der Waals surface area contributed by atoms with Crippen molar-refractivity contribution in [2.75, 3.05) is 6.61 Å². The average molecular weight is 519 g/mol. The molecule has 1 aromatic carbocycles. The monoisotopic (exact) mass is 519 g/mol. The van der Waals surface area contributed by atoms with E-state index in [1.54, 1.807) is 11.3 Å². The third-order valence-electron chi connectivity index (χ3n) is 2.72. The Balaban J connectivity index is 0. The van der Waals surface area contributed by atoms with E-state index in [4.69, 9.17) is 11.2 Å². The van der Waals surface area contributed by atoms with Crippen LogP contribution in [0.4, 0.5) is 5.69 Å². The van der Waals surface area contributed by atoms with Crippen molar-refractivity contribution in [2.45, 2.75) is 34.6 Å². The largest absolute Gasteiger partial charge is 0.490 e. The minimum absolute atomic E-state index is 0. The summed E-state index contributed by atoms with van der Waals surface area (Å²) in [5.41, 5.74) is 1.56. The van der Waals surface area contributed by atoms with Crippen LogP contribution in [0.25, 0.3) is 0 Å². The molecule has 1 aromatic heterocycles. The smallest absolute Gasteiger partial charge is 0.311 e. The van der Waals surface area contributed by atoms with Crippen molar-refractivity contribution < 1.29 is 56.5 Å². The Morgan fingerprint density at radius 3 is 2.60 bits per heavy atom. The molecule has 2 aromatic rings. The van der Waals surface area contributed by atoms with Gasteiger partial charge in [0, 0.05) is 57.4 Å². The number of ether oxygens (including phenoxy) is 1. The Hall–Kier alpha value is -0.801. The summed E-state index contributed by atoms with van der Waals surface area (Å²) < 4.78 is 6.74. The topological polar surface area (TPSA) is 43.6 Å². The van der Waals surface area contributed by atoms with E-state index >= 15 is 0 Å². The molecule has 0 aliphatic carbocycles. The van der Waals surface area contributed by atoms with Crippen LogP contribution < -0.4 is 4.80 Å². The summed E-state index contributed by atoms with van der Waals surface area (Å²) in [6.07, 6.45) is 8.37. The summed E-state index contributed by atoms with van der Waals surface area (Å²) in [6.45, 7) is 5.97. The van der Waals surface area contributed by atoms with Gasteiger partial charge in [0.05, 0.1) is 6.42 Å². The Bertz CT molecular complexity index is 757. The molecule has 0 saturated carbocycles. The second-order valence-electron chi connectivity index (χ2n) is 4.39. The molecule has 2 rings (SSSR count). The molecule has 0 unspecified atom stereocenters. The molecule has 0 aliphatic rings. The minimum Gasteiger partial charge on any atom is -0.490 e. The van der Waals surface area contributed by atoms with Gasteiger partial charge in [-0.05, 0) is 25.6 Å². The van der Waals surface area contributed by atoms with E-state index in [-0.39, 0.29) is 73.3 Å². The molecule has 0 spiro atoms. The molecule has 0 bridgehead atoms. The summed E-state index contributed by atoms with van der Waals surface area (Å²) >= 11 is 1.55. The van der Waals surface area contributed by atoms with Gasteiger partial charge in [0.2, 0.25) is 0 Å². The molecule has 0 aliphatic heterocycles. The Morgan fingerprint density at radius 2 is 2.04 bits per heavy atom. The number of benzene rings is 1. The number of nitrogens with zero attached hydrogens (tertiary/aromatic N) is 2. The van der Waals surface area contributed by atoms with Crippen molar-refractivity contribution in [1.29, 1.82) is 0 Å². The van der Waals surface area contributed by atoms with E-state index in [1.807, 2.05) is 56.7 Å². The molecular formula is C19H25N2O2SYb-. The maximum Gasteiger partial charge on any atom is 0.311 e. The number of carbonyl (C=O) groups is 1. The van der Waals surface area contributed by atoms with Crippen LogP contribution >= 0.6 is 11.3 Å². The third kappa shape index (κ3) is 8.91. The molecule has 0 amide bonds. The number of aryl methyl sites for hydroxylation is 2. The number of terminal acetylenes is 1. The van der Waals surface area contributed by atoms with Gasteiger partial charge in [0.25, 0.3) is 0 Å². The summed E-state index contributed by atoms with van der Waals surface area (Å²) in [5, 5.41) is 0. The zero-order valence-electron chi connectivity index (χ0n) is 14.2. The molecule has 0 fully saturated rings. The van der Waals surface area contributed by atoms with Gasteiger partial charge in [0.1, 0.15) is 0 Å². The molecule has 0 saturated heterocycles. The Labute approximate surface area is 193 Å². The first-order valence-corrected chi connectivity index (χ1v) is 8.19. The van der Waals surface area contributed by atoms with Gasteiger partial charge >= 0.3 is 5.97 Å². The Morgan fingerprint density at radius 1 is 1.40 bits per heavy atom. The normalized spacial score (nSPS) is 9.64. The molecule has 144 valence electrons. The van der Waals surface area contributed by atoms with Gasteiger partial charge in [-0.3, -0.25) is 4.79 Å². The summed E-state index contributed by atoms with van der Waals surface area (Å²) in [7, 11) is 1.89. The van der Waals surface area contributed by atoms with Crippen LogP contribution in [-0.2, 0) is 23.0 Å². The van der Waals surface area contributed by atoms with Crippen LogP contribution in [0.1, 0.15) is 31.7 Å². The Kier molecular flexibility index (Phi) is 15.2. The number of para-hydroxylation sites is 1. The van der Waals surface area contributed by atoms with Crippen LogP contribution in [0.15, 0.2) is 29.3 Å². The van der Waals surface area contributed by atoms with E-state index in [0.29, 0.717) is 0 Å². The fourth-order valence-corrected chi connectivity index (χ4v) is 2.59. The zero-order valence-corrected chi connectivity index (χ0v) is 16.7. The fraction of sp³-hybridized carbons (Fsp3) is 0.368. The summed E-state index contributed by atoms with van der Waals surface area (Å²) in [4.78, 5) is 18.2. The molecule has 6 heteroatoms. The molecule has 1 heterocycles. The fourth-order valence-electron chi connectivity index (χ4n) is 1.81. The standard InChI is InChI=1S/C16H15N2O2S.C2H6.CH4.Yb/c1-4-9-20-15(19)10-13-7-5-6-8-14(13)17-16-18(3)11-12(2)21-16;1-2;;/h1,5-8H,9-10H2,2-3H3;1-2H3;1H4;/q-1;;;. The second kappa shape index (κ2) is 14.4. The van der Waals surface area contributed by atoms with Gasteiger partial charge in [-0.1, -0.05) is 50.3 Å². The molecule has 0 atom stereocenters. The molecule has 0 radical (unpaired) electrons. The van der Waals surface area contributed by atoms with Crippen LogP contribution in [0.2, 0.25) is 0 Å². The van der Waals surface area contributed by atoms with Crippen LogP contribution in [0.3, 0.4) is 0 Å². The molecule has 0 N–H and O–H groups in total. The van der Waals surface area contributed by atoms with Gasteiger partial charge < -0.3 is 14.3 Å². The van der Waals surface area contributed by atoms with Crippen molar-refractivity contribution in [3.63, 3.8) is 0 Å². The minimum atomic E-state index is -0.353. The number of aromatic nitrogens is 1. The van der Waals surface area contributed by atoms with E-state index in [1.165, 1.54) is 0 Å². The van der Waals surface area contributed by atoms with E-state index in [9.17, 15) is 4.79 Å². The zero-order chi connectivity index (χ0) is 17.2. The first-order chi connectivity index (χ1) is 11.1. The number of carbonyl (C=O) groups excluding carboxylic acids is 1. The van der Waals surface area contributed by atoms with Gasteiger partial charge in [0.15, 0.2) is 6.61 Å². The van der Waals surface area contributed by atoms with E-state index in [0.717, 1.165) is 20.9 Å². The van der Waals surface area contributed by atoms with Gasteiger partial charge in [-0.25, -0.2) is 11.3 Å². The van der Waals surface area contributed by atoms with Gasteiger partial charge in [-0.15, -0.1) is 6.42 Å². The van der Waals surface area contributed by atoms with Crippen LogP contribution in [0.5, 0.6) is 0 Å². The van der Waals surface area contributed by atoms with Crippen molar-refractivity contribution in [3.05, 3.63) is 45.7 Å². The molecule has 4 nitrogen and oxygen atoms in total. The van der Waals surface area contributed by atoms with Gasteiger partial charge in [-0.2, -0.15) is 6.20 Å². The van der Waals surface area contributed by atoms with E-state index in [2.05, 4.69) is 17.1 Å². The van der Waals surface area contributed by atoms with Crippen LogP contribution in [0, 0.1) is 72.4 Å². The maximum absolute atomic E-state index is 11.7. The predicted molar refractivity (Wildman–Crippen MR) is 100 cm³/mol. The SMILES string of the molecule is C.C#CCOC(=O)Cc1ccccc1N=c1sc(C)[c-]n1C.CC.[Yb]. The number of hydrogen-bond donors (Lipinski definition) is 0. The average Bonchev–Trinajstić information content (AvgIpc) is 2.87. The number of esters is 1. The van der Waals surface area contributed by atoms with Crippen molar-refractivity contribution in [3.8, 4) is 12.3 Å². The van der Waals surface area contributed by atoms with Crippen LogP contribution in [-0.4, -0.2) is 17.1 Å². The van der Waals surface area contributed by atoms with Crippen molar-refractivity contribution in [2.24, 2.45) is 12.0 Å². The van der Waals surface area contributed by atoms with Crippen molar-refractivity contribution in [1.82, 2.24) is 4.57 Å². The molecular weight excluding hydrogens is 493 g/mol. The summed E-state index contributed by atoms with van der Waals surface area (Å²) in [5.74, 6) is 1.92.